The maximum atomic E-state index is 12.6. The van der Waals surface area contributed by atoms with Crippen molar-refractivity contribution in [1.82, 2.24) is 9.97 Å². The van der Waals surface area contributed by atoms with E-state index in [9.17, 15) is 16.8 Å². The summed E-state index contributed by atoms with van der Waals surface area (Å²) in [5.74, 6) is -0.116. The van der Waals surface area contributed by atoms with Gasteiger partial charge in [-0.25, -0.2) is 26.8 Å². The highest BCUT2D eigenvalue weighted by atomic mass is 32.2. The first kappa shape index (κ1) is 19.8. The minimum atomic E-state index is -3.68. The summed E-state index contributed by atoms with van der Waals surface area (Å²) >= 11 is 0. The minimum Gasteiger partial charge on any atom is -0.339 e. The molecule has 26 heavy (non-hydrogen) atoms. The molecular weight excluding hydrogens is 376 g/mol. The average Bonchev–Trinajstić information content (AvgIpc) is 2.59. The Morgan fingerprint density at radius 2 is 1.73 bits per heavy atom. The molecule has 0 aliphatic rings. The predicted molar refractivity (Wildman–Crippen MR) is 97.5 cm³/mol. The first-order valence-electron chi connectivity index (χ1n) is 7.69. The summed E-state index contributed by atoms with van der Waals surface area (Å²) in [4.78, 5) is 7.71. The maximum absolute atomic E-state index is 12.6. The van der Waals surface area contributed by atoms with Gasteiger partial charge >= 0.3 is 0 Å². The van der Waals surface area contributed by atoms with Gasteiger partial charge in [0.05, 0.1) is 23.6 Å². The Hall–Kier alpha value is -2.51. The van der Waals surface area contributed by atoms with Crippen molar-refractivity contribution in [3.05, 3.63) is 42.4 Å². The zero-order valence-corrected chi connectivity index (χ0v) is 15.7. The number of aromatic nitrogens is 2. The molecule has 1 heterocycles. The SMILES string of the molecule is CS(=O)(=O)CCCCS(=O)(=O)c1cncnc1Nc1ccc(C#N)cc1. The summed E-state index contributed by atoms with van der Waals surface area (Å²) in [5.41, 5.74) is 1.06. The second kappa shape index (κ2) is 8.25. The van der Waals surface area contributed by atoms with E-state index in [1.54, 1.807) is 24.3 Å². The molecule has 10 heteroatoms. The molecule has 1 aromatic heterocycles. The Labute approximate surface area is 152 Å². The molecule has 0 fully saturated rings. The molecule has 0 unspecified atom stereocenters. The van der Waals surface area contributed by atoms with E-state index in [0.29, 0.717) is 11.3 Å². The van der Waals surface area contributed by atoms with Crippen molar-refractivity contribution < 1.29 is 16.8 Å². The van der Waals surface area contributed by atoms with E-state index in [0.717, 1.165) is 6.26 Å². The largest absolute Gasteiger partial charge is 0.339 e. The Morgan fingerprint density at radius 1 is 1.08 bits per heavy atom. The van der Waals surface area contributed by atoms with Gasteiger partial charge in [0.2, 0.25) is 0 Å². The first-order chi connectivity index (χ1) is 12.2. The number of hydrogen-bond donors (Lipinski definition) is 1. The van der Waals surface area contributed by atoms with Gasteiger partial charge in [-0.1, -0.05) is 0 Å². The number of nitrogens with one attached hydrogen (secondary N) is 1. The van der Waals surface area contributed by atoms with Crippen molar-refractivity contribution in [3.8, 4) is 6.07 Å². The van der Waals surface area contributed by atoms with E-state index >= 15 is 0 Å². The molecule has 0 spiro atoms. The van der Waals surface area contributed by atoms with E-state index in [1.165, 1.54) is 12.5 Å². The number of benzene rings is 1. The van der Waals surface area contributed by atoms with Crippen molar-refractivity contribution in [3.63, 3.8) is 0 Å². The summed E-state index contributed by atoms with van der Waals surface area (Å²) in [5, 5.41) is 11.7. The summed E-state index contributed by atoms with van der Waals surface area (Å²) < 4.78 is 47.4. The van der Waals surface area contributed by atoms with Crippen LogP contribution in [0.4, 0.5) is 11.5 Å². The molecule has 0 atom stereocenters. The molecule has 0 amide bonds. The molecule has 0 radical (unpaired) electrons. The number of nitriles is 1. The van der Waals surface area contributed by atoms with Gasteiger partial charge in [-0.05, 0) is 37.1 Å². The number of sulfone groups is 2. The molecular formula is C16H18N4O4S2. The number of rotatable bonds is 8. The van der Waals surface area contributed by atoms with E-state index in [4.69, 9.17) is 5.26 Å². The van der Waals surface area contributed by atoms with Crippen LogP contribution in [0.3, 0.4) is 0 Å². The Bertz CT molecular complexity index is 1010. The molecule has 1 aromatic carbocycles. The topological polar surface area (TPSA) is 130 Å². The van der Waals surface area contributed by atoms with Crippen molar-refractivity contribution in [2.75, 3.05) is 23.1 Å². The molecule has 0 saturated carbocycles. The zero-order chi connectivity index (χ0) is 19.2. The summed E-state index contributed by atoms with van der Waals surface area (Å²) in [6.07, 6.45) is 4.05. The second-order valence-corrected chi connectivity index (χ2v) is 10.0. The standard InChI is InChI=1S/C16H18N4O4S2/c1-25(21,22)8-2-3-9-26(23,24)15-11-18-12-19-16(15)20-14-6-4-13(10-17)5-7-14/h4-7,11-12H,2-3,8-9H2,1H3,(H,18,19,20). The van der Waals surface area contributed by atoms with Crippen molar-refractivity contribution in [2.45, 2.75) is 17.7 Å². The fourth-order valence-corrected chi connectivity index (χ4v) is 4.32. The Morgan fingerprint density at radius 3 is 2.35 bits per heavy atom. The lowest BCUT2D eigenvalue weighted by molar-refractivity contribution is 0.587. The molecule has 0 aliphatic carbocycles. The van der Waals surface area contributed by atoms with Crippen molar-refractivity contribution in [1.29, 1.82) is 5.26 Å². The van der Waals surface area contributed by atoms with Crippen LogP contribution in [0.2, 0.25) is 0 Å². The minimum absolute atomic E-state index is 0.0514. The second-order valence-electron chi connectivity index (χ2n) is 5.71. The quantitative estimate of drug-likeness (QED) is 0.669. The van der Waals surface area contributed by atoms with Gasteiger partial charge in [0.25, 0.3) is 0 Å². The van der Waals surface area contributed by atoms with E-state index < -0.39 is 19.7 Å². The van der Waals surface area contributed by atoms with E-state index in [1.807, 2.05) is 6.07 Å². The molecule has 8 nitrogen and oxygen atoms in total. The number of nitrogens with zero attached hydrogens (tertiary/aromatic N) is 3. The molecule has 2 rings (SSSR count). The van der Waals surface area contributed by atoms with Gasteiger partial charge in [0, 0.05) is 17.7 Å². The molecule has 1 N–H and O–H groups in total. The number of unbranched alkanes of at least 4 members (excludes halogenated alkanes) is 1. The summed E-state index contributed by atoms with van der Waals surface area (Å²) in [6.45, 7) is 0. The van der Waals surface area contributed by atoms with Crippen LogP contribution in [-0.4, -0.2) is 44.6 Å². The van der Waals surface area contributed by atoms with Gasteiger partial charge in [0.1, 0.15) is 21.1 Å². The summed E-state index contributed by atoms with van der Waals surface area (Å²) in [7, 11) is -6.79. The fourth-order valence-electron chi connectivity index (χ4n) is 2.17. The molecule has 0 bridgehead atoms. The van der Waals surface area contributed by atoms with Crippen LogP contribution in [0.1, 0.15) is 18.4 Å². The third kappa shape index (κ3) is 5.79. The van der Waals surface area contributed by atoms with Gasteiger partial charge in [-0.3, -0.25) is 0 Å². The highest BCUT2D eigenvalue weighted by Gasteiger charge is 2.20. The normalized spacial score (nSPS) is 11.7. The third-order valence-corrected chi connectivity index (χ3v) is 6.29. The predicted octanol–water partition coefficient (Wildman–Crippen LogP) is 1.69. The number of hydrogen-bond acceptors (Lipinski definition) is 8. The van der Waals surface area contributed by atoms with Crippen LogP contribution >= 0.6 is 0 Å². The average molecular weight is 394 g/mol. The van der Waals surface area contributed by atoms with E-state index in [-0.39, 0.29) is 35.1 Å². The first-order valence-corrected chi connectivity index (χ1v) is 11.4. The number of anilines is 2. The molecule has 0 saturated heterocycles. The van der Waals surface area contributed by atoms with Crippen LogP contribution in [0.5, 0.6) is 0 Å². The van der Waals surface area contributed by atoms with Gasteiger partial charge < -0.3 is 5.32 Å². The lowest BCUT2D eigenvalue weighted by Crippen LogP contribution is -2.12. The highest BCUT2D eigenvalue weighted by Crippen LogP contribution is 2.23. The van der Waals surface area contributed by atoms with Crippen LogP contribution in [0, 0.1) is 11.3 Å². The van der Waals surface area contributed by atoms with Gasteiger partial charge in [0.15, 0.2) is 15.7 Å². The maximum Gasteiger partial charge on any atom is 0.183 e. The lowest BCUT2D eigenvalue weighted by atomic mass is 10.2. The summed E-state index contributed by atoms with van der Waals surface area (Å²) in [6, 6.07) is 8.49. The van der Waals surface area contributed by atoms with Crippen molar-refractivity contribution in [2.24, 2.45) is 0 Å². The van der Waals surface area contributed by atoms with E-state index in [2.05, 4.69) is 15.3 Å². The Kier molecular flexibility index (Phi) is 6.28. The smallest absolute Gasteiger partial charge is 0.183 e. The van der Waals surface area contributed by atoms with Gasteiger partial charge in [-0.2, -0.15) is 5.26 Å². The van der Waals surface area contributed by atoms with Crippen LogP contribution in [0.15, 0.2) is 41.7 Å². The van der Waals surface area contributed by atoms with Crippen LogP contribution in [0.25, 0.3) is 0 Å². The van der Waals surface area contributed by atoms with Crippen LogP contribution in [-0.2, 0) is 19.7 Å². The molecule has 2 aromatic rings. The zero-order valence-electron chi connectivity index (χ0n) is 14.1. The highest BCUT2D eigenvalue weighted by molar-refractivity contribution is 7.91. The fraction of sp³-hybridized carbons (Fsp3) is 0.312. The Balaban J connectivity index is 2.14. The monoisotopic (exact) mass is 394 g/mol. The van der Waals surface area contributed by atoms with Gasteiger partial charge in [-0.15, -0.1) is 0 Å². The molecule has 0 aliphatic heterocycles. The lowest BCUT2D eigenvalue weighted by Gasteiger charge is -2.11. The molecule has 138 valence electrons. The van der Waals surface area contributed by atoms with Crippen molar-refractivity contribution >= 4 is 31.2 Å². The third-order valence-electron chi connectivity index (χ3n) is 3.47. The van der Waals surface area contributed by atoms with Crippen LogP contribution < -0.4 is 5.32 Å².